The van der Waals surface area contributed by atoms with Gasteiger partial charge in [-0.3, -0.25) is 19.6 Å². The van der Waals surface area contributed by atoms with Crippen LogP contribution in [0, 0.1) is 0 Å². The number of nitrogens with one attached hydrogen (secondary N) is 2. The minimum Gasteiger partial charge on any atom is -0.328 e. The van der Waals surface area contributed by atoms with E-state index < -0.39 is 0 Å². The Bertz CT molecular complexity index is 1020. The van der Waals surface area contributed by atoms with Crippen molar-refractivity contribution in [2.75, 3.05) is 0 Å². The Morgan fingerprint density at radius 1 is 0.479 bits per heavy atom. The summed E-state index contributed by atoms with van der Waals surface area (Å²) in [6.07, 6.45) is 29.9. The lowest BCUT2D eigenvalue weighted by molar-refractivity contribution is -0.121. The van der Waals surface area contributed by atoms with Gasteiger partial charge in [0.25, 0.3) is 0 Å². The molecule has 0 aliphatic heterocycles. The van der Waals surface area contributed by atoms with Crippen LogP contribution < -0.4 is 10.6 Å². The van der Waals surface area contributed by atoms with Gasteiger partial charge in [0.05, 0.1) is 17.1 Å². The summed E-state index contributed by atoms with van der Waals surface area (Å²) in [6.45, 7) is 17.0. The van der Waals surface area contributed by atoms with Crippen molar-refractivity contribution in [2.24, 2.45) is 9.98 Å². The zero-order chi connectivity index (χ0) is 35.8. The SMILES string of the molecule is C/C=C(N=C(C)CCCCCCC)/C(=C\C(NC(=O)CCCCCCC)=C(C)NC(=O)CCCCCCC)N=C(C)CCCCCCC. The Hall–Kier alpha value is -2.50. The summed E-state index contributed by atoms with van der Waals surface area (Å²) in [7, 11) is 0. The molecule has 0 radical (unpaired) electrons. The van der Waals surface area contributed by atoms with E-state index in [-0.39, 0.29) is 11.8 Å². The molecule has 2 N–H and O–H groups in total. The maximum absolute atomic E-state index is 13.2. The molecule has 0 aliphatic carbocycles. The normalized spacial score (nSPS) is 13.5. The molecule has 0 aromatic rings. The maximum atomic E-state index is 13.2. The highest BCUT2D eigenvalue weighted by Gasteiger charge is 2.13. The summed E-state index contributed by atoms with van der Waals surface area (Å²) in [4.78, 5) is 36.4. The van der Waals surface area contributed by atoms with Crippen LogP contribution in [0.1, 0.15) is 209 Å². The summed E-state index contributed by atoms with van der Waals surface area (Å²) in [5, 5.41) is 6.25. The lowest BCUT2D eigenvalue weighted by atomic mass is 10.1. The molecule has 0 rings (SSSR count). The second-order valence-electron chi connectivity index (χ2n) is 13.7. The van der Waals surface area contributed by atoms with Gasteiger partial charge in [-0.15, -0.1) is 0 Å². The van der Waals surface area contributed by atoms with Crippen LogP contribution in [-0.2, 0) is 9.59 Å². The predicted molar refractivity (Wildman–Crippen MR) is 211 cm³/mol. The van der Waals surface area contributed by atoms with E-state index in [9.17, 15) is 9.59 Å². The number of hydrogen-bond donors (Lipinski definition) is 2. The Balaban J connectivity index is 6.41. The first-order valence-electron chi connectivity index (χ1n) is 20.0. The quantitative estimate of drug-likeness (QED) is 0.0453. The van der Waals surface area contributed by atoms with Crippen LogP contribution in [0.3, 0.4) is 0 Å². The predicted octanol–water partition coefficient (Wildman–Crippen LogP) is 12.6. The zero-order valence-corrected chi connectivity index (χ0v) is 32.8. The van der Waals surface area contributed by atoms with E-state index in [1.165, 1.54) is 77.0 Å². The average Bonchev–Trinajstić information content (AvgIpc) is 3.06. The number of allylic oxidation sites excluding steroid dienone is 3. The van der Waals surface area contributed by atoms with Gasteiger partial charge < -0.3 is 10.6 Å². The summed E-state index contributed by atoms with van der Waals surface area (Å²) in [5.74, 6) is -0.0455. The van der Waals surface area contributed by atoms with E-state index in [1.807, 2.05) is 26.0 Å². The number of amides is 2. The molecule has 0 heterocycles. The number of aliphatic imine (C=N–C) groups is 2. The van der Waals surface area contributed by atoms with Crippen molar-refractivity contribution >= 4 is 23.2 Å². The van der Waals surface area contributed by atoms with Crippen molar-refractivity contribution in [3.05, 3.63) is 34.9 Å². The van der Waals surface area contributed by atoms with E-state index in [1.54, 1.807) is 0 Å². The number of carbonyl (C=O) groups is 2. The molecule has 276 valence electrons. The maximum Gasteiger partial charge on any atom is 0.224 e. The van der Waals surface area contributed by atoms with Crippen molar-refractivity contribution in [2.45, 2.75) is 209 Å². The van der Waals surface area contributed by atoms with Crippen LogP contribution in [0.2, 0.25) is 0 Å². The molecule has 0 bridgehead atoms. The second kappa shape index (κ2) is 31.7. The molecular weight excluding hydrogens is 592 g/mol. The molecule has 6 heteroatoms. The molecule has 0 fully saturated rings. The second-order valence-corrected chi connectivity index (χ2v) is 13.7. The fourth-order valence-corrected chi connectivity index (χ4v) is 5.63. The molecule has 0 unspecified atom stereocenters. The van der Waals surface area contributed by atoms with Crippen LogP contribution in [-0.4, -0.2) is 23.2 Å². The molecular formula is C42H76N4O2. The first kappa shape index (κ1) is 45.5. The minimum atomic E-state index is -0.0318. The molecule has 0 atom stereocenters. The van der Waals surface area contributed by atoms with E-state index in [4.69, 9.17) is 9.98 Å². The highest BCUT2D eigenvalue weighted by Crippen LogP contribution is 2.20. The van der Waals surface area contributed by atoms with E-state index >= 15 is 0 Å². The molecule has 0 aromatic heterocycles. The van der Waals surface area contributed by atoms with Gasteiger partial charge in [0.1, 0.15) is 0 Å². The summed E-state index contributed by atoms with van der Waals surface area (Å²) in [6, 6.07) is 0. The summed E-state index contributed by atoms with van der Waals surface area (Å²) in [5.41, 5.74) is 4.90. The molecule has 0 aliphatic rings. The van der Waals surface area contributed by atoms with Crippen LogP contribution in [0.5, 0.6) is 0 Å². The average molecular weight is 669 g/mol. The van der Waals surface area contributed by atoms with Crippen molar-refractivity contribution in [3.8, 4) is 0 Å². The highest BCUT2D eigenvalue weighted by atomic mass is 16.2. The fourth-order valence-electron chi connectivity index (χ4n) is 5.63. The third kappa shape index (κ3) is 25.5. The van der Waals surface area contributed by atoms with Gasteiger partial charge in [-0.2, -0.15) is 0 Å². The first-order valence-corrected chi connectivity index (χ1v) is 20.0. The molecule has 0 spiro atoms. The van der Waals surface area contributed by atoms with E-state index in [2.05, 4.69) is 52.2 Å². The van der Waals surface area contributed by atoms with Crippen molar-refractivity contribution in [3.63, 3.8) is 0 Å². The van der Waals surface area contributed by atoms with Crippen molar-refractivity contribution in [1.82, 2.24) is 10.6 Å². The topological polar surface area (TPSA) is 82.9 Å². The number of unbranched alkanes of at least 4 members (excludes halogenated alkanes) is 16. The molecule has 6 nitrogen and oxygen atoms in total. The Labute approximate surface area is 297 Å². The number of nitrogens with zero attached hydrogens (tertiary/aromatic N) is 2. The number of carbonyl (C=O) groups excluding carboxylic acids is 2. The lowest BCUT2D eigenvalue weighted by Crippen LogP contribution is -2.29. The Kier molecular flexibility index (Phi) is 30.1. The number of rotatable bonds is 30. The summed E-state index contributed by atoms with van der Waals surface area (Å²) < 4.78 is 0. The minimum absolute atomic E-state index is 0.0137. The summed E-state index contributed by atoms with van der Waals surface area (Å²) >= 11 is 0. The van der Waals surface area contributed by atoms with Gasteiger partial charge in [0, 0.05) is 30.0 Å². The van der Waals surface area contributed by atoms with Gasteiger partial charge in [-0.1, -0.05) is 137 Å². The molecule has 2 amide bonds. The smallest absolute Gasteiger partial charge is 0.224 e. The monoisotopic (exact) mass is 669 g/mol. The number of hydrogen-bond acceptors (Lipinski definition) is 4. The van der Waals surface area contributed by atoms with Crippen LogP contribution in [0.4, 0.5) is 0 Å². The van der Waals surface area contributed by atoms with Crippen LogP contribution in [0.25, 0.3) is 0 Å². The van der Waals surface area contributed by atoms with Gasteiger partial charge >= 0.3 is 0 Å². The highest BCUT2D eigenvalue weighted by molar-refractivity contribution is 5.85. The molecule has 48 heavy (non-hydrogen) atoms. The zero-order valence-electron chi connectivity index (χ0n) is 32.8. The van der Waals surface area contributed by atoms with Gasteiger partial charge in [-0.05, 0) is 72.3 Å². The van der Waals surface area contributed by atoms with Gasteiger partial charge in [0.2, 0.25) is 11.8 Å². The van der Waals surface area contributed by atoms with E-state index in [0.29, 0.717) is 24.2 Å². The fraction of sp³-hybridized carbons (Fsp3) is 0.762. The molecule has 0 saturated heterocycles. The van der Waals surface area contributed by atoms with Gasteiger partial charge in [0.15, 0.2) is 0 Å². The Morgan fingerprint density at radius 3 is 1.23 bits per heavy atom. The van der Waals surface area contributed by atoms with E-state index in [0.717, 1.165) is 87.0 Å². The Morgan fingerprint density at radius 2 is 0.833 bits per heavy atom. The standard InChI is InChI=1S/C42H76N4O2/c1-9-14-18-22-26-30-35(6)43-38(13-5)40(44-36(7)31-27-23-19-15-10-2)34-39(46-42(48)33-29-25-21-17-12-4)37(8)45-41(47)32-28-24-20-16-11-3/h13,34H,9-12,14-33H2,1-8H3,(H,45,47)(H,46,48)/b38-13-,39-37?,40-34+,43-35?,44-36?. The molecule has 0 aromatic carbocycles. The third-order valence-electron chi connectivity index (χ3n) is 8.74. The van der Waals surface area contributed by atoms with Crippen molar-refractivity contribution < 1.29 is 9.59 Å². The third-order valence-corrected chi connectivity index (χ3v) is 8.74. The lowest BCUT2D eigenvalue weighted by Gasteiger charge is -2.15. The van der Waals surface area contributed by atoms with Crippen molar-refractivity contribution in [1.29, 1.82) is 0 Å². The van der Waals surface area contributed by atoms with Gasteiger partial charge in [-0.25, -0.2) is 0 Å². The largest absolute Gasteiger partial charge is 0.328 e. The molecule has 0 saturated carbocycles. The van der Waals surface area contributed by atoms with Crippen LogP contribution >= 0.6 is 0 Å². The first-order chi connectivity index (χ1) is 23.2. The van der Waals surface area contributed by atoms with Crippen LogP contribution in [0.15, 0.2) is 44.9 Å².